The molecular weight excluding hydrogens is 266 g/mol. The Morgan fingerprint density at radius 2 is 2.05 bits per heavy atom. The molecule has 0 radical (unpaired) electrons. The molecule has 1 saturated heterocycles. The first-order valence-electron chi connectivity index (χ1n) is 7.71. The third kappa shape index (κ3) is 1.88. The lowest BCUT2D eigenvalue weighted by molar-refractivity contribution is -0.146. The number of rotatable bonds is 3. The van der Waals surface area contributed by atoms with Crippen LogP contribution in [-0.4, -0.2) is 18.0 Å². The zero-order valence-corrected chi connectivity index (χ0v) is 12.0. The van der Waals surface area contributed by atoms with Gasteiger partial charge in [0.1, 0.15) is 6.10 Å². The van der Waals surface area contributed by atoms with Crippen LogP contribution in [0.4, 0.5) is 0 Å². The van der Waals surface area contributed by atoms with Crippen molar-refractivity contribution < 1.29 is 14.3 Å². The minimum atomic E-state index is -0.197. The summed E-state index contributed by atoms with van der Waals surface area (Å²) >= 11 is 0. The molecule has 3 fully saturated rings. The molecule has 1 heterocycles. The van der Waals surface area contributed by atoms with E-state index in [4.69, 9.17) is 4.74 Å². The third-order valence-electron chi connectivity index (χ3n) is 5.44. The summed E-state index contributed by atoms with van der Waals surface area (Å²) in [5.41, 5.74) is 1.08. The number of nitrogens with one attached hydrogen (secondary N) is 1. The number of hydrogen-bond donors (Lipinski definition) is 1. The number of fused-ring (bicyclic) bond motifs is 1. The van der Waals surface area contributed by atoms with Crippen molar-refractivity contribution in [1.29, 1.82) is 0 Å². The van der Waals surface area contributed by atoms with E-state index >= 15 is 0 Å². The maximum atomic E-state index is 12.6. The van der Waals surface area contributed by atoms with Crippen LogP contribution in [0.5, 0.6) is 0 Å². The number of carbonyl (C=O) groups is 2. The first-order valence-corrected chi connectivity index (χ1v) is 7.71. The molecule has 110 valence electrons. The van der Waals surface area contributed by atoms with Crippen molar-refractivity contribution in [3.8, 4) is 0 Å². The summed E-state index contributed by atoms with van der Waals surface area (Å²) in [4.78, 5) is 24.6. The maximum Gasteiger partial charge on any atom is 0.310 e. The highest BCUT2D eigenvalue weighted by atomic mass is 16.6. The van der Waals surface area contributed by atoms with Crippen LogP contribution >= 0.6 is 0 Å². The highest BCUT2D eigenvalue weighted by molar-refractivity contribution is 5.88. The molecule has 2 saturated carbocycles. The second kappa shape index (κ2) is 4.58. The van der Waals surface area contributed by atoms with E-state index in [1.807, 2.05) is 37.3 Å². The molecule has 1 aromatic rings. The number of ether oxygens (including phenoxy) is 1. The minimum absolute atomic E-state index is 0.0150. The van der Waals surface area contributed by atoms with Gasteiger partial charge in [-0.2, -0.15) is 0 Å². The first kappa shape index (κ1) is 12.9. The SMILES string of the molecule is CC(NC(=O)C1C2CC3OC(=O)C1C3C2)c1ccccc1. The molecule has 4 rings (SSSR count). The molecule has 1 aromatic carbocycles. The van der Waals surface area contributed by atoms with Gasteiger partial charge in [0.2, 0.25) is 5.91 Å². The van der Waals surface area contributed by atoms with Crippen molar-refractivity contribution >= 4 is 11.9 Å². The molecule has 0 spiro atoms. The Labute approximate surface area is 123 Å². The largest absolute Gasteiger partial charge is 0.462 e. The van der Waals surface area contributed by atoms with E-state index in [0.29, 0.717) is 5.92 Å². The van der Waals surface area contributed by atoms with E-state index in [1.165, 1.54) is 0 Å². The third-order valence-corrected chi connectivity index (χ3v) is 5.44. The number of amides is 1. The summed E-state index contributed by atoms with van der Waals surface area (Å²) in [6, 6.07) is 9.87. The summed E-state index contributed by atoms with van der Waals surface area (Å²) in [6.45, 7) is 1.98. The predicted molar refractivity (Wildman–Crippen MR) is 76.1 cm³/mol. The van der Waals surface area contributed by atoms with Crippen molar-refractivity contribution in [2.75, 3.05) is 0 Å². The minimum Gasteiger partial charge on any atom is -0.462 e. The average Bonchev–Trinajstić information content (AvgIpc) is 3.09. The molecule has 1 amide bonds. The Morgan fingerprint density at radius 1 is 1.29 bits per heavy atom. The molecule has 21 heavy (non-hydrogen) atoms. The fourth-order valence-electron chi connectivity index (χ4n) is 4.50. The van der Waals surface area contributed by atoms with Gasteiger partial charge in [-0.1, -0.05) is 30.3 Å². The number of carbonyl (C=O) groups excluding carboxylic acids is 2. The Morgan fingerprint density at radius 3 is 2.81 bits per heavy atom. The Hall–Kier alpha value is -1.84. The molecule has 4 nitrogen and oxygen atoms in total. The van der Waals surface area contributed by atoms with Crippen molar-refractivity contribution in [2.24, 2.45) is 23.7 Å². The van der Waals surface area contributed by atoms with E-state index in [-0.39, 0.29) is 41.8 Å². The van der Waals surface area contributed by atoms with E-state index in [0.717, 1.165) is 18.4 Å². The van der Waals surface area contributed by atoms with Gasteiger partial charge in [-0.15, -0.1) is 0 Å². The summed E-state index contributed by atoms with van der Waals surface area (Å²) in [6.07, 6.45) is 1.92. The van der Waals surface area contributed by atoms with Crippen LogP contribution in [0, 0.1) is 23.7 Å². The summed E-state index contributed by atoms with van der Waals surface area (Å²) in [5.74, 6) is 0.0764. The molecule has 1 aliphatic heterocycles. The average molecular weight is 285 g/mol. The van der Waals surface area contributed by atoms with Crippen molar-refractivity contribution in [2.45, 2.75) is 31.9 Å². The fraction of sp³-hybridized carbons (Fsp3) is 0.529. The molecule has 1 N–H and O–H groups in total. The van der Waals surface area contributed by atoms with Crippen LogP contribution in [0.15, 0.2) is 30.3 Å². The monoisotopic (exact) mass is 285 g/mol. The van der Waals surface area contributed by atoms with Crippen molar-refractivity contribution in [3.05, 3.63) is 35.9 Å². The highest BCUT2D eigenvalue weighted by Crippen LogP contribution is 2.57. The fourth-order valence-corrected chi connectivity index (χ4v) is 4.50. The van der Waals surface area contributed by atoms with E-state index in [2.05, 4.69) is 5.32 Å². The van der Waals surface area contributed by atoms with Crippen LogP contribution in [0.3, 0.4) is 0 Å². The number of benzene rings is 1. The van der Waals surface area contributed by atoms with Crippen LogP contribution in [0.1, 0.15) is 31.4 Å². The van der Waals surface area contributed by atoms with Gasteiger partial charge in [-0.3, -0.25) is 9.59 Å². The summed E-state index contributed by atoms with van der Waals surface area (Å²) in [5, 5.41) is 3.08. The smallest absolute Gasteiger partial charge is 0.310 e. The Balaban J connectivity index is 1.50. The molecule has 4 heteroatoms. The normalized spacial score (nSPS) is 37.4. The van der Waals surface area contributed by atoms with Crippen molar-refractivity contribution in [3.63, 3.8) is 0 Å². The van der Waals surface area contributed by atoms with Crippen LogP contribution in [0.25, 0.3) is 0 Å². The number of esters is 1. The molecule has 6 atom stereocenters. The quantitative estimate of drug-likeness (QED) is 0.865. The number of hydrogen-bond acceptors (Lipinski definition) is 3. The molecule has 6 unspecified atom stereocenters. The van der Waals surface area contributed by atoms with Crippen LogP contribution < -0.4 is 5.32 Å². The van der Waals surface area contributed by atoms with Crippen LogP contribution in [0.2, 0.25) is 0 Å². The molecule has 3 aliphatic rings. The Kier molecular flexibility index (Phi) is 2.81. The second-order valence-electron chi connectivity index (χ2n) is 6.56. The van der Waals surface area contributed by atoms with Gasteiger partial charge in [0.25, 0.3) is 0 Å². The lowest BCUT2D eigenvalue weighted by atomic mass is 9.79. The van der Waals surface area contributed by atoms with E-state index < -0.39 is 0 Å². The van der Waals surface area contributed by atoms with Crippen LogP contribution in [-0.2, 0) is 14.3 Å². The molecule has 0 aromatic heterocycles. The van der Waals surface area contributed by atoms with Gasteiger partial charge >= 0.3 is 5.97 Å². The predicted octanol–water partition coefficient (Wildman–Crippen LogP) is 2.06. The molecule has 2 aliphatic carbocycles. The summed E-state index contributed by atoms with van der Waals surface area (Å²) in [7, 11) is 0. The van der Waals surface area contributed by atoms with E-state index in [9.17, 15) is 9.59 Å². The zero-order chi connectivity index (χ0) is 14.6. The standard InChI is InChI=1S/C17H19NO3/c1-9(10-5-3-2-4-6-10)18-16(19)14-11-7-12-13(8-11)21-17(20)15(12)14/h2-6,9,11-15H,7-8H2,1H3,(H,18,19). The van der Waals surface area contributed by atoms with Gasteiger partial charge in [0.15, 0.2) is 0 Å². The highest BCUT2D eigenvalue weighted by Gasteiger charge is 2.63. The van der Waals surface area contributed by atoms with Gasteiger partial charge < -0.3 is 10.1 Å². The van der Waals surface area contributed by atoms with Gasteiger partial charge in [-0.05, 0) is 31.2 Å². The van der Waals surface area contributed by atoms with Gasteiger partial charge in [0, 0.05) is 5.92 Å². The van der Waals surface area contributed by atoms with E-state index in [1.54, 1.807) is 0 Å². The Bertz CT molecular complexity index is 583. The second-order valence-corrected chi connectivity index (χ2v) is 6.56. The lowest BCUT2D eigenvalue weighted by Crippen LogP contribution is -2.40. The van der Waals surface area contributed by atoms with Gasteiger partial charge in [0.05, 0.1) is 17.9 Å². The maximum absolute atomic E-state index is 12.6. The molecular formula is C17H19NO3. The lowest BCUT2D eigenvalue weighted by Gasteiger charge is -2.25. The summed E-state index contributed by atoms with van der Waals surface area (Å²) < 4.78 is 5.39. The molecule has 2 bridgehead atoms. The first-order chi connectivity index (χ1) is 10.1. The van der Waals surface area contributed by atoms with Crippen molar-refractivity contribution in [1.82, 2.24) is 5.32 Å². The zero-order valence-electron chi connectivity index (χ0n) is 12.0. The topological polar surface area (TPSA) is 55.4 Å². The van der Waals surface area contributed by atoms with Gasteiger partial charge in [-0.25, -0.2) is 0 Å².